The molecule has 124 valence electrons. The molecule has 0 atom stereocenters. The van der Waals surface area contributed by atoms with Gasteiger partial charge in [0, 0.05) is 7.05 Å². The molecule has 3 rings (SSSR count). The Bertz CT molecular complexity index is 968. The van der Waals surface area contributed by atoms with Crippen LogP contribution in [0.15, 0.2) is 53.7 Å². The van der Waals surface area contributed by atoms with E-state index in [2.05, 4.69) is 15.5 Å². The van der Waals surface area contributed by atoms with Gasteiger partial charge in [-0.05, 0) is 59.7 Å². The number of benzene rings is 2. The summed E-state index contributed by atoms with van der Waals surface area (Å²) in [5.74, 6) is 0. The summed E-state index contributed by atoms with van der Waals surface area (Å²) in [7, 11) is -2.14. The second-order valence-corrected chi connectivity index (χ2v) is 7.48. The van der Waals surface area contributed by atoms with Crippen molar-refractivity contribution in [1.82, 2.24) is 20.2 Å². The maximum atomic E-state index is 13.0. The molecule has 7 nitrogen and oxygen atoms in total. The van der Waals surface area contributed by atoms with Crippen molar-refractivity contribution >= 4 is 15.7 Å². The first-order chi connectivity index (χ1) is 11.4. The summed E-state index contributed by atoms with van der Waals surface area (Å²) in [6.45, 7) is 3.82. The third-order valence-corrected chi connectivity index (χ3v) is 5.56. The van der Waals surface area contributed by atoms with Crippen LogP contribution in [-0.2, 0) is 10.0 Å². The van der Waals surface area contributed by atoms with Crippen LogP contribution in [0.4, 0.5) is 5.69 Å². The molecule has 1 heterocycles. The number of hydrogen-bond donors (Lipinski definition) is 0. The standard InChI is InChI=1S/C16H17N5O2S/c1-12-7-8-13(2)16(9-12)20(3)24(22,23)15-6-4-5-14(10-15)21-11-17-18-19-21/h4-11H,1-3H3. The van der Waals surface area contributed by atoms with E-state index in [1.165, 1.54) is 15.3 Å². The SMILES string of the molecule is Cc1ccc(C)c(N(C)S(=O)(=O)c2cccc(-n3cnnn3)c2)c1. The van der Waals surface area contributed by atoms with Crippen LogP contribution < -0.4 is 4.31 Å². The van der Waals surface area contributed by atoms with Gasteiger partial charge in [0.25, 0.3) is 10.0 Å². The predicted molar refractivity (Wildman–Crippen MR) is 90.7 cm³/mol. The van der Waals surface area contributed by atoms with E-state index in [9.17, 15) is 8.42 Å². The van der Waals surface area contributed by atoms with Crippen molar-refractivity contribution in [1.29, 1.82) is 0 Å². The van der Waals surface area contributed by atoms with Gasteiger partial charge < -0.3 is 0 Å². The second kappa shape index (κ2) is 6.04. The highest BCUT2D eigenvalue weighted by Crippen LogP contribution is 2.27. The van der Waals surface area contributed by atoms with Crippen LogP contribution in [0, 0.1) is 13.8 Å². The predicted octanol–water partition coefficient (Wildman–Crippen LogP) is 2.10. The van der Waals surface area contributed by atoms with Crippen LogP contribution in [-0.4, -0.2) is 35.7 Å². The number of nitrogens with zero attached hydrogens (tertiary/aromatic N) is 5. The maximum Gasteiger partial charge on any atom is 0.264 e. The summed E-state index contributed by atoms with van der Waals surface area (Å²) in [5.41, 5.74) is 3.13. The summed E-state index contributed by atoms with van der Waals surface area (Å²) in [6, 6.07) is 12.2. The highest BCUT2D eigenvalue weighted by atomic mass is 32.2. The van der Waals surface area contributed by atoms with Gasteiger partial charge in [-0.2, -0.15) is 0 Å². The van der Waals surface area contributed by atoms with Crippen molar-refractivity contribution in [2.45, 2.75) is 18.7 Å². The average molecular weight is 343 g/mol. The molecule has 3 aromatic rings. The van der Waals surface area contributed by atoms with Crippen LogP contribution in [0.25, 0.3) is 5.69 Å². The number of aromatic nitrogens is 4. The molecule has 0 saturated carbocycles. The fourth-order valence-corrected chi connectivity index (χ4v) is 3.70. The summed E-state index contributed by atoms with van der Waals surface area (Å²) >= 11 is 0. The molecule has 0 aliphatic rings. The van der Waals surface area contributed by atoms with Crippen LogP contribution in [0.2, 0.25) is 0 Å². The first-order valence-corrected chi connectivity index (χ1v) is 8.73. The Balaban J connectivity index is 2.04. The number of anilines is 1. The van der Waals surface area contributed by atoms with Crippen molar-refractivity contribution in [3.8, 4) is 5.69 Å². The quantitative estimate of drug-likeness (QED) is 0.725. The first-order valence-electron chi connectivity index (χ1n) is 7.29. The number of sulfonamides is 1. The number of aryl methyl sites for hydroxylation is 2. The van der Waals surface area contributed by atoms with Crippen molar-refractivity contribution < 1.29 is 8.42 Å². The molecule has 0 radical (unpaired) electrons. The van der Waals surface area contributed by atoms with E-state index >= 15 is 0 Å². The fourth-order valence-electron chi connectivity index (χ4n) is 2.41. The molecule has 2 aromatic carbocycles. The Morgan fingerprint density at radius 2 is 1.88 bits per heavy atom. The molecule has 1 aromatic heterocycles. The molecule has 0 aliphatic carbocycles. The van der Waals surface area contributed by atoms with Crippen molar-refractivity contribution in [3.63, 3.8) is 0 Å². The molecule has 8 heteroatoms. The highest BCUT2D eigenvalue weighted by Gasteiger charge is 2.23. The third-order valence-electron chi connectivity index (χ3n) is 3.79. The summed E-state index contributed by atoms with van der Waals surface area (Å²) < 4.78 is 28.7. The molecule has 24 heavy (non-hydrogen) atoms. The van der Waals surface area contributed by atoms with E-state index in [0.717, 1.165) is 11.1 Å². The maximum absolute atomic E-state index is 13.0. The van der Waals surface area contributed by atoms with Gasteiger partial charge in [-0.3, -0.25) is 4.31 Å². The Morgan fingerprint density at radius 3 is 2.58 bits per heavy atom. The summed E-state index contributed by atoms with van der Waals surface area (Å²) in [5, 5.41) is 10.9. The number of tetrazole rings is 1. The Kier molecular flexibility index (Phi) is 4.06. The molecule has 0 unspecified atom stereocenters. The van der Waals surface area contributed by atoms with Crippen LogP contribution in [0.1, 0.15) is 11.1 Å². The average Bonchev–Trinajstić information content (AvgIpc) is 3.11. The largest absolute Gasteiger partial charge is 0.269 e. The Labute approximate surface area is 140 Å². The lowest BCUT2D eigenvalue weighted by Crippen LogP contribution is -2.27. The zero-order chi connectivity index (χ0) is 17.3. The molecule has 0 fully saturated rings. The van der Waals surface area contributed by atoms with Gasteiger partial charge in [0.2, 0.25) is 0 Å². The Morgan fingerprint density at radius 1 is 1.08 bits per heavy atom. The Hall–Kier alpha value is -2.74. The zero-order valence-corrected chi connectivity index (χ0v) is 14.4. The molecular formula is C16H17N5O2S. The fraction of sp³-hybridized carbons (Fsp3) is 0.188. The molecule has 0 bridgehead atoms. The molecular weight excluding hydrogens is 326 g/mol. The minimum absolute atomic E-state index is 0.180. The van der Waals surface area contributed by atoms with Gasteiger partial charge in [-0.15, -0.1) is 5.10 Å². The normalized spacial score (nSPS) is 11.5. The van der Waals surface area contributed by atoms with E-state index in [1.807, 2.05) is 32.0 Å². The molecule has 0 N–H and O–H groups in total. The summed E-state index contributed by atoms with van der Waals surface area (Å²) in [4.78, 5) is 0.180. The monoisotopic (exact) mass is 343 g/mol. The first kappa shape index (κ1) is 16.1. The molecule has 0 amide bonds. The van der Waals surface area contributed by atoms with E-state index in [0.29, 0.717) is 11.4 Å². The van der Waals surface area contributed by atoms with E-state index in [-0.39, 0.29) is 4.90 Å². The third kappa shape index (κ3) is 2.88. The van der Waals surface area contributed by atoms with Crippen molar-refractivity contribution in [3.05, 3.63) is 59.9 Å². The lowest BCUT2D eigenvalue weighted by Gasteiger charge is -2.22. The van der Waals surface area contributed by atoms with E-state index in [4.69, 9.17) is 0 Å². The van der Waals surface area contributed by atoms with Crippen molar-refractivity contribution in [2.75, 3.05) is 11.4 Å². The number of rotatable bonds is 4. The van der Waals surface area contributed by atoms with Gasteiger partial charge in [-0.25, -0.2) is 13.1 Å². The van der Waals surface area contributed by atoms with E-state index in [1.54, 1.807) is 31.3 Å². The molecule has 0 spiro atoms. The molecule has 0 saturated heterocycles. The highest BCUT2D eigenvalue weighted by molar-refractivity contribution is 7.92. The van der Waals surface area contributed by atoms with Gasteiger partial charge >= 0.3 is 0 Å². The van der Waals surface area contributed by atoms with Crippen LogP contribution >= 0.6 is 0 Å². The van der Waals surface area contributed by atoms with Crippen molar-refractivity contribution in [2.24, 2.45) is 0 Å². The molecule has 0 aliphatic heterocycles. The minimum atomic E-state index is -3.69. The van der Waals surface area contributed by atoms with Crippen LogP contribution in [0.3, 0.4) is 0 Å². The van der Waals surface area contributed by atoms with Gasteiger partial charge in [-0.1, -0.05) is 18.2 Å². The second-order valence-electron chi connectivity index (χ2n) is 5.51. The van der Waals surface area contributed by atoms with Crippen LogP contribution in [0.5, 0.6) is 0 Å². The van der Waals surface area contributed by atoms with Gasteiger partial charge in [0.05, 0.1) is 16.3 Å². The topological polar surface area (TPSA) is 81.0 Å². The minimum Gasteiger partial charge on any atom is -0.269 e. The number of hydrogen-bond acceptors (Lipinski definition) is 5. The summed E-state index contributed by atoms with van der Waals surface area (Å²) in [6.07, 6.45) is 1.42. The van der Waals surface area contributed by atoms with E-state index < -0.39 is 10.0 Å². The lowest BCUT2D eigenvalue weighted by atomic mass is 10.1. The van der Waals surface area contributed by atoms with Gasteiger partial charge in [0.1, 0.15) is 6.33 Å². The van der Waals surface area contributed by atoms with Gasteiger partial charge in [0.15, 0.2) is 0 Å². The smallest absolute Gasteiger partial charge is 0.264 e. The lowest BCUT2D eigenvalue weighted by molar-refractivity contribution is 0.594. The zero-order valence-electron chi connectivity index (χ0n) is 13.6.